The van der Waals surface area contributed by atoms with Gasteiger partial charge in [-0.25, -0.2) is 0 Å². The maximum Gasteiger partial charge on any atom is 0.241 e. The van der Waals surface area contributed by atoms with E-state index in [1.54, 1.807) is 0 Å². The largest absolute Gasteiger partial charge is 0.241 e. The van der Waals surface area contributed by atoms with Crippen molar-refractivity contribution in [2.75, 3.05) is 0 Å². The van der Waals surface area contributed by atoms with E-state index in [2.05, 4.69) is 182 Å². The molecular formula is C38H30BP. The van der Waals surface area contributed by atoms with Crippen LogP contribution in [0.25, 0.3) is 12.2 Å². The summed E-state index contributed by atoms with van der Waals surface area (Å²) in [6.45, 7) is 0.220. The molecule has 0 aliphatic heterocycles. The van der Waals surface area contributed by atoms with Gasteiger partial charge in [-0.3, -0.25) is 0 Å². The van der Waals surface area contributed by atoms with E-state index in [1.807, 2.05) is 0 Å². The Morgan fingerprint density at radius 3 is 1.07 bits per heavy atom. The second kappa shape index (κ2) is 12.6. The molecule has 6 rings (SSSR count). The Morgan fingerprint density at radius 1 is 0.325 bits per heavy atom. The van der Waals surface area contributed by atoms with Crippen LogP contribution in [0.4, 0.5) is 0 Å². The summed E-state index contributed by atoms with van der Waals surface area (Å²) in [6, 6.07) is 61.3. The normalized spacial score (nSPS) is 11.1. The number of hydrogen-bond acceptors (Lipinski definition) is 0. The van der Waals surface area contributed by atoms with Crippen LogP contribution in [0.2, 0.25) is 0 Å². The summed E-state index contributed by atoms with van der Waals surface area (Å²) in [4.78, 5) is 0. The summed E-state index contributed by atoms with van der Waals surface area (Å²) in [5, 5.41) is 4.11. The van der Waals surface area contributed by atoms with E-state index in [1.165, 1.54) is 43.4 Å². The molecule has 40 heavy (non-hydrogen) atoms. The minimum absolute atomic E-state index is 0.220. The molecule has 0 atom stereocenters. The zero-order valence-electron chi connectivity index (χ0n) is 22.3. The molecule has 0 saturated heterocycles. The summed E-state index contributed by atoms with van der Waals surface area (Å²) in [6.07, 6.45) is 4.41. The molecule has 6 aromatic rings. The van der Waals surface area contributed by atoms with Crippen molar-refractivity contribution in [1.82, 2.24) is 0 Å². The van der Waals surface area contributed by atoms with Crippen LogP contribution in [0, 0.1) is 0 Å². The van der Waals surface area contributed by atoms with E-state index in [0.29, 0.717) is 0 Å². The van der Waals surface area contributed by atoms with E-state index in [9.17, 15) is 0 Å². The summed E-state index contributed by atoms with van der Waals surface area (Å²) < 4.78 is 0. The summed E-state index contributed by atoms with van der Waals surface area (Å²) in [5.74, 6) is 0. The lowest BCUT2D eigenvalue weighted by molar-refractivity contribution is 1.67. The van der Waals surface area contributed by atoms with Gasteiger partial charge in [-0.15, -0.1) is 0 Å². The van der Waals surface area contributed by atoms with Crippen LogP contribution in [0.15, 0.2) is 170 Å². The Hall–Kier alpha value is -4.45. The number of hydrogen-bond donors (Lipinski definition) is 0. The van der Waals surface area contributed by atoms with Crippen molar-refractivity contribution in [1.29, 1.82) is 0 Å². The first-order chi connectivity index (χ1) is 19.8. The molecule has 0 fully saturated rings. The van der Waals surface area contributed by atoms with Gasteiger partial charge >= 0.3 is 0 Å². The highest BCUT2D eigenvalue weighted by molar-refractivity contribution is 7.79. The molecule has 0 spiro atoms. The van der Waals surface area contributed by atoms with Crippen molar-refractivity contribution in [3.8, 4) is 0 Å². The molecule has 0 aromatic heterocycles. The third-order valence-electron chi connectivity index (χ3n) is 7.18. The number of benzene rings is 6. The zero-order valence-corrected chi connectivity index (χ0v) is 23.2. The fourth-order valence-electron chi connectivity index (χ4n) is 5.20. The molecule has 2 heteroatoms. The molecule has 6 aromatic carbocycles. The molecule has 0 amide bonds. The van der Waals surface area contributed by atoms with Crippen LogP contribution >= 0.6 is 7.92 Å². The lowest BCUT2D eigenvalue weighted by Gasteiger charge is -2.19. The quantitative estimate of drug-likeness (QED) is 0.127. The van der Waals surface area contributed by atoms with Gasteiger partial charge in [0.2, 0.25) is 6.71 Å². The van der Waals surface area contributed by atoms with Crippen molar-refractivity contribution in [2.24, 2.45) is 0 Å². The Balaban J connectivity index is 1.22. The second-order valence-electron chi connectivity index (χ2n) is 9.85. The molecule has 190 valence electrons. The third kappa shape index (κ3) is 6.07. The summed E-state index contributed by atoms with van der Waals surface area (Å²) in [5.41, 5.74) is 6.32. The van der Waals surface area contributed by atoms with E-state index in [4.69, 9.17) is 0 Å². The lowest BCUT2D eigenvalue weighted by Crippen LogP contribution is -2.51. The number of rotatable bonds is 8. The van der Waals surface area contributed by atoms with E-state index < -0.39 is 7.92 Å². The van der Waals surface area contributed by atoms with Gasteiger partial charge in [0.25, 0.3) is 0 Å². The van der Waals surface area contributed by atoms with Crippen LogP contribution in [0.5, 0.6) is 0 Å². The van der Waals surface area contributed by atoms with Gasteiger partial charge in [-0.2, -0.15) is 0 Å². The minimum atomic E-state index is -0.584. The Labute approximate surface area is 239 Å². The van der Waals surface area contributed by atoms with Crippen molar-refractivity contribution in [3.05, 3.63) is 181 Å². The SMILES string of the molecule is C(=C\c1ccc(P(c2ccccc2)c2ccccc2)cc1)/c1ccc(B(c2ccccc2)c2ccccc2)cc1. The van der Waals surface area contributed by atoms with Crippen LogP contribution in [0.3, 0.4) is 0 Å². The molecule has 0 saturated carbocycles. The first kappa shape index (κ1) is 25.8. The van der Waals surface area contributed by atoms with E-state index in [0.717, 1.165) is 0 Å². The molecule has 0 unspecified atom stereocenters. The lowest BCUT2D eigenvalue weighted by atomic mass is 9.37. The van der Waals surface area contributed by atoms with Crippen LogP contribution in [0.1, 0.15) is 11.1 Å². The second-order valence-corrected chi connectivity index (χ2v) is 12.1. The first-order valence-corrected chi connectivity index (χ1v) is 15.1. The van der Waals surface area contributed by atoms with E-state index >= 15 is 0 Å². The molecule has 0 aliphatic rings. The van der Waals surface area contributed by atoms with Crippen molar-refractivity contribution in [3.63, 3.8) is 0 Å². The topological polar surface area (TPSA) is 0 Å². The van der Waals surface area contributed by atoms with Gasteiger partial charge in [0.15, 0.2) is 0 Å². The monoisotopic (exact) mass is 528 g/mol. The van der Waals surface area contributed by atoms with Gasteiger partial charge in [0.1, 0.15) is 0 Å². The maximum absolute atomic E-state index is 2.29. The predicted octanol–water partition coefficient (Wildman–Crippen LogP) is 6.13. The Morgan fingerprint density at radius 2 is 0.650 bits per heavy atom. The van der Waals surface area contributed by atoms with Crippen molar-refractivity contribution < 1.29 is 0 Å². The van der Waals surface area contributed by atoms with Gasteiger partial charge in [0.05, 0.1) is 0 Å². The molecule has 0 heterocycles. The zero-order chi connectivity index (χ0) is 27.0. The van der Waals surface area contributed by atoms with Crippen molar-refractivity contribution in [2.45, 2.75) is 0 Å². The fraction of sp³-hybridized carbons (Fsp3) is 0. The molecule has 0 bridgehead atoms. The van der Waals surface area contributed by atoms with Gasteiger partial charge < -0.3 is 0 Å². The standard InChI is InChI=1S/C38H30BP/c1-5-13-33(14-6-1)39(34-15-7-2-8-16-34)35-27-23-31(24-28-35)21-22-32-25-29-38(30-26-32)40(36-17-9-3-10-18-36)37-19-11-4-12-20-37/h1-30H/b22-21+. The minimum Gasteiger partial charge on any atom is -0.0687 e. The van der Waals surface area contributed by atoms with Gasteiger partial charge in [-0.05, 0) is 35.0 Å². The summed E-state index contributed by atoms with van der Waals surface area (Å²) in [7, 11) is -0.584. The molecule has 0 nitrogen and oxygen atoms in total. The van der Waals surface area contributed by atoms with Gasteiger partial charge in [-0.1, -0.05) is 198 Å². The van der Waals surface area contributed by atoms with E-state index in [-0.39, 0.29) is 6.71 Å². The average Bonchev–Trinajstić information content (AvgIpc) is 3.04. The fourth-order valence-corrected chi connectivity index (χ4v) is 7.48. The smallest absolute Gasteiger partial charge is 0.0687 e. The summed E-state index contributed by atoms with van der Waals surface area (Å²) >= 11 is 0. The highest BCUT2D eigenvalue weighted by Gasteiger charge is 2.21. The van der Waals surface area contributed by atoms with Crippen LogP contribution in [-0.4, -0.2) is 6.71 Å². The Bertz CT molecular complexity index is 1440. The maximum atomic E-state index is 2.29. The third-order valence-corrected chi connectivity index (χ3v) is 9.63. The highest BCUT2D eigenvalue weighted by Crippen LogP contribution is 2.32. The highest BCUT2D eigenvalue weighted by atomic mass is 31.1. The molecular weight excluding hydrogens is 498 g/mol. The van der Waals surface area contributed by atoms with Crippen LogP contribution < -0.4 is 32.3 Å². The predicted molar refractivity (Wildman–Crippen MR) is 178 cm³/mol. The molecule has 0 aliphatic carbocycles. The first-order valence-electron chi connectivity index (χ1n) is 13.7. The van der Waals surface area contributed by atoms with Gasteiger partial charge in [0, 0.05) is 0 Å². The molecule has 0 N–H and O–H groups in total. The van der Waals surface area contributed by atoms with Crippen molar-refractivity contribution >= 4 is 59.1 Å². The Kier molecular flexibility index (Phi) is 8.13. The van der Waals surface area contributed by atoms with Crippen LogP contribution in [-0.2, 0) is 0 Å². The average molecular weight is 528 g/mol. The molecule has 0 radical (unpaired) electrons.